The van der Waals surface area contributed by atoms with Crippen LogP contribution in [0.2, 0.25) is 0 Å². The molecule has 0 aliphatic rings. The SMILES string of the molecule is O=C(CC(=O)Nc1ccc(Oc2ccnc3ccsc23)c(F)c1)Nc1ccc(F)cc1. The van der Waals surface area contributed by atoms with Gasteiger partial charge in [0.25, 0.3) is 0 Å². The van der Waals surface area contributed by atoms with Crippen LogP contribution in [0.5, 0.6) is 11.5 Å². The van der Waals surface area contributed by atoms with Crippen LogP contribution < -0.4 is 15.4 Å². The van der Waals surface area contributed by atoms with E-state index in [1.807, 2.05) is 11.4 Å². The number of hydrogen-bond acceptors (Lipinski definition) is 5. The van der Waals surface area contributed by atoms with Crippen molar-refractivity contribution < 1.29 is 23.1 Å². The molecule has 0 atom stereocenters. The van der Waals surface area contributed by atoms with Crippen molar-refractivity contribution in [1.29, 1.82) is 0 Å². The Kier molecular flexibility index (Phi) is 5.85. The number of nitrogens with zero attached hydrogens (tertiary/aromatic N) is 1. The zero-order chi connectivity index (χ0) is 21.8. The molecule has 0 spiro atoms. The summed E-state index contributed by atoms with van der Waals surface area (Å²) in [5, 5.41) is 6.81. The van der Waals surface area contributed by atoms with Gasteiger partial charge in [-0.1, -0.05) is 0 Å². The van der Waals surface area contributed by atoms with Crippen LogP contribution in [0.4, 0.5) is 20.2 Å². The molecule has 0 bridgehead atoms. The Morgan fingerprint density at radius 1 is 0.903 bits per heavy atom. The van der Waals surface area contributed by atoms with Gasteiger partial charge in [0, 0.05) is 29.7 Å². The number of carbonyl (C=O) groups excluding carboxylic acids is 2. The van der Waals surface area contributed by atoms with Gasteiger partial charge < -0.3 is 15.4 Å². The van der Waals surface area contributed by atoms with Gasteiger partial charge in [0.15, 0.2) is 11.6 Å². The van der Waals surface area contributed by atoms with Gasteiger partial charge in [-0.3, -0.25) is 14.6 Å². The molecule has 0 aliphatic carbocycles. The zero-order valence-electron chi connectivity index (χ0n) is 15.9. The quantitative estimate of drug-likeness (QED) is 0.398. The largest absolute Gasteiger partial charge is 0.453 e. The van der Waals surface area contributed by atoms with E-state index in [4.69, 9.17) is 4.74 Å². The van der Waals surface area contributed by atoms with E-state index in [0.29, 0.717) is 11.4 Å². The minimum Gasteiger partial charge on any atom is -0.453 e. The molecule has 2 N–H and O–H groups in total. The molecule has 0 fully saturated rings. The lowest BCUT2D eigenvalue weighted by Crippen LogP contribution is -2.21. The topological polar surface area (TPSA) is 80.3 Å². The summed E-state index contributed by atoms with van der Waals surface area (Å²) in [5.41, 5.74) is 1.30. The van der Waals surface area contributed by atoms with Gasteiger partial charge in [0.2, 0.25) is 11.8 Å². The number of amides is 2. The molecule has 0 unspecified atom stereocenters. The number of aromatic nitrogens is 1. The monoisotopic (exact) mass is 439 g/mol. The minimum atomic E-state index is -0.671. The molecule has 156 valence electrons. The number of benzene rings is 2. The first-order chi connectivity index (χ1) is 15.0. The standard InChI is InChI=1S/C22H15F2N3O3S/c23-13-1-3-14(4-2-13)26-20(28)12-21(29)27-15-5-6-18(16(24)11-15)30-19-7-9-25-17-8-10-31-22(17)19/h1-11H,12H2,(H,26,28)(H,27,29). The van der Waals surface area contributed by atoms with E-state index in [1.165, 1.54) is 47.7 Å². The van der Waals surface area contributed by atoms with E-state index in [0.717, 1.165) is 16.3 Å². The number of pyridine rings is 1. The van der Waals surface area contributed by atoms with Crippen LogP contribution >= 0.6 is 11.3 Å². The number of rotatable bonds is 6. The first-order valence-electron chi connectivity index (χ1n) is 9.13. The molecule has 4 rings (SSSR count). The molecule has 9 heteroatoms. The summed E-state index contributed by atoms with van der Waals surface area (Å²) in [7, 11) is 0. The van der Waals surface area contributed by atoms with Gasteiger partial charge in [-0.15, -0.1) is 11.3 Å². The van der Waals surface area contributed by atoms with E-state index < -0.39 is 29.9 Å². The average molecular weight is 439 g/mol. The van der Waals surface area contributed by atoms with Gasteiger partial charge >= 0.3 is 0 Å². The number of ether oxygens (including phenoxy) is 1. The second-order valence-electron chi connectivity index (χ2n) is 6.47. The number of nitrogens with one attached hydrogen (secondary N) is 2. The number of carbonyl (C=O) groups is 2. The Bertz CT molecular complexity index is 1260. The normalized spacial score (nSPS) is 10.6. The van der Waals surface area contributed by atoms with Crippen LogP contribution in [0.1, 0.15) is 6.42 Å². The van der Waals surface area contributed by atoms with Crippen LogP contribution in [0.25, 0.3) is 10.2 Å². The third-order valence-corrected chi connectivity index (χ3v) is 5.11. The highest BCUT2D eigenvalue weighted by atomic mass is 32.1. The summed E-state index contributed by atoms with van der Waals surface area (Å²) < 4.78 is 33.9. The Balaban J connectivity index is 1.37. The molecule has 2 aromatic heterocycles. The minimum absolute atomic E-state index is 0.00653. The molecule has 0 saturated heterocycles. The van der Waals surface area contributed by atoms with Crippen LogP contribution in [-0.2, 0) is 9.59 Å². The van der Waals surface area contributed by atoms with Gasteiger partial charge in [0.1, 0.15) is 18.0 Å². The lowest BCUT2D eigenvalue weighted by Gasteiger charge is -2.10. The Morgan fingerprint density at radius 3 is 2.35 bits per heavy atom. The van der Waals surface area contributed by atoms with Gasteiger partial charge in [-0.05, 0) is 47.8 Å². The summed E-state index contributed by atoms with van der Waals surface area (Å²) in [6, 6.07) is 12.6. The Morgan fingerprint density at radius 2 is 1.61 bits per heavy atom. The van der Waals surface area contributed by atoms with E-state index >= 15 is 0 Å². The van der Waals surface area contributed by atoms with Crippen molar-refractivity contribution in [2.75, 3.05) is 10.6 Å². The molecule has 2 heterocycles. The first-order valence-corrected chi connectivity index (χ1v) is 10.0. The number of hydrogen-bond donors (Lipinski definition) is 2. The Hall–Kier alpha value is -3.85. The molecular weight excluding hydrogens is 424 g/mol. The van der Waals surface area contributed by atoms with Crippen molar-refractivity contribution in [3.8, 4) is 11.5 Å². The fourth-order valence-corrected chi connectivity index (χ4v) is 3.60. The van der Waals surface area contributed by atoms with Crippen molar-refractivity contribution in [2.24, 2.45) is 0 Å². The highest BCUT2D eigenvalue weighted by molar-refractivity contribution is 7.17. The molecule has 6 nitrogen and oxygen atoms in total. The second-order valence-corrected chi connectivity index (χ2v) is 7.39. The second kappa shape index (κ2) is 8.88. The summed E-state index contributed by atoms with van der Waals surface area (Å²) in [4.78, 5) is 28.2. The number of anilines is 2. The third-order valence-electron chi connectivity index (χ3n) is 4.19. The molecular formula is C22H15F2N3O3S. The maximum absolute atomic E-state index is 14.5. The van der Waals surface area contributed by atoms with Crippen LogP contribution in [0.15, 0.2) is 66.2 Å². The molecule has 2 amide bonds. The third kappa shape index (κ3) is 5.01. The maximum atomic E-state index is 14.5. The number of thiophene rings is 1. The van der Waals surface area contributed by atoms with E-state index in [1.54, 1.807) is 12.3 Å². The van der Waals surface area contributed by atoms with Crippen molar-refractivity contribution in [3.63, 3.8) is 0 Å². The predicted octanol–water partition coefficient (Wildman–Crippen LogP) is 5.33. The van der Waals surface area contributed by atoms with Crippen LogP contribution in [-0.4, -0.2) is 16.8 Å². The van der Waals surface area contributed by atoms with Gasteiger partial charge in [0.05, 0.1) is 10.2 Å². The van der Waals surface area contributed by atoms with E-state index in [-0.39, 0.29) is 11.4 Å². The molecule has 0 saturated carbocycles. The predicted molar refractivity (Wildman–Crippen MR) is 114 cm³/mol. The van der Waals surface area contributed by atoms with Crippen LogP contribution in [0.3, 0.4) is 0 Å². The molecule has 4 aromatic rings. The van der Waals surface area contributed by atoms with Crippen LogP contribution in [0, 0.1) is 11.6 Å². The highest BCUT2D eigenvalue weighted by Gasteiger charge is 2.13. The smallest absolute Gasteiger partial charge is 0.233 e. The molecule has 2 aromatic carbocycles. The lowest BCUT2D eigenvalue weighted by molar-refractivity contribution is -0.123. The first kappa shape index (κ1) is 20.4. The highest BCUT2D eigenvalue weighted by Crippen LogP contribution is 2.34. The van der Waals surface area contributed by atoms with Crippen molar-refractivity contribution >= 4 is 44.7 Å². The van der Waals surface area contributed by atoms with Crippen molar-refractivity contribution in [1.82, 2.24) is 4.98 Å². The summed E-state index contributed by atoms with van der Waals surface area (Å²) in [6.45, 7) is 0. The molecule has 0 radical (unpaired) electrons. The molecule has 0 aliphatic heterocycles. The molecule has 31 heavy (non-hydrogen) atoms. The summed E-state index contributed by atoms with van der Waals surface area (Å²) >= 11 is 1.43. The van der Waals surface area contributed by atoms with Crippen molar-refractivity contribution in [3.05, 3.63) is 77.8 Å². The lowest BCUT2D eigenvalue weighted by atomic mass is 10.2. The fourth-order valence-electron chi connectivity index (χ4n) is 2.80. The number of halogens is 2. The summed E-state index contributed by atoms with van der Waals surface area (Å²) in [5.74, 6) is -1.84. The van der Waals surface area contributed by atoms with Gasteiger partial charge in [-0.25, -0.2) is 8.78 Å². The average Bonchev–Trinajstić information content (AvgIpc) is 3.21. The van der Waals surface area contributed by atoms with E-state index in [9.17, 15) is 18.4 Å². The van der Waals surface area contributed by atoms with E-state index in [2.05, 4.69) is 15.6 Å². The number of fused-ring (bicyclic) bond motifs is 1. The maximum Gasteiger partial charge on any atom is 0.233 e. The Labute approximate surface area is 179 Å². The van der Waals surface area contributed by atoms with Gasteiger partial charge in [-0.2, -0.15) is 0 Å². The fraction of sp³-hybridized carbons (Fsp3) is 0.0455. The summed E-state index contributed by atoms with van der Waals surface area (Å²) in [6.07, 6.45) is 1.10. The zero-order valence-corrected chi connectivity index (χ0v) is 16.7. The van der Waals surface area contributed by atoms with Crippen molar-refractivity contribution in [2.45, 2.75) is 6.42 Å².